The van der Waals surface area contributed by atoms with Crippen molar-refractivity contribution >= 4 is 65.0 Å². The molecule has 4 aliphatic rings. The minimum absolute atomic E-state index is 0.0178. The second-order valence-electron chi connectivity index (χ2n) is 21.8. The number of fused-ring (bicyclic) bond motifs is 2. The molecule has 1 saturated carbocycles. The number of benzene rings is 3. The number of β-amino-alcohol motifs (C(OH)–C–C–N with tert-alkyl or cyclic N) is 1. The molecule has 8 rings (SSSR count). The van der Waals surface area contributed by atoms with Gasteiger partial charge in [-0.3, -0.25) is 33.6 Å². The maximum atomic E-state index is 14.6. The van der Waals surface area contributed by atoms with Gasteiger partial charge in [0.25, 0.3) is 18.2 Å². The predicted octanol–water partition coefficient (Wildman–Crippen LogP) is -0.480. The molecule has 87 heavy (non-hydrogen) atoms. The third kappa shape index (κ3) is 16.3. The van der Waals surface area contributed by atoms with E-state index in [1.807, 2.05) is 24.3 Å². The summed E-state index contributed by atoms with van der Waals surface area (Å²) in [6, 6.07) is 5.82. The van der Waals surface area contributed by atoms with Gasteiger partial charge in [0, 0.05) is 61.5 Å². The van der Waals surface area contributed by atoms with Crippen molar-refractivity contribution in [2.75, 3.05) is 26.2 Å². The van der Waals surface area contributed by atoms with Crippen molar-refractivity contribution < 1.29 is 92.9 Å². The average Bonchev–Trinajstić information content (AvgIpc) is 2.92. The zero-order chi connectivity index (χ0) is 62.6. The number of carbonyl (C=O) groups excluding carboxylic acids is 7. The van der Waals surface area contributed by atoms with Gasteiger partial charge in [0.1, 0.15) is 52.0 Å². The van der Waals surface area contributed by atoms with Gasteiger partial charge in [0.05, 0.1) is 36.6 Å². The van der Waals surface area contributed by atoms with Crippen LogP contribution < -0.4 is 35.5 Å². The van der Waals surface area contributed by atoms with Gasteiger partial charge in [-0.05, 0) is 86.7 Å². The van der Waals surface area contributed by atoms with Crippen molar-refractivity contribution in [1.29, 1.82) is 0 Å². The number of aliphatic hydroxyl groups is 6. The van der Waals surface area contributed by atoms with Gasteiger partial charge in [0.2, 0.25) is 42.0 Å². The van der Waals surface area contributed by atoms with E-state index in [9.17, 15) is 69.3 Å². The molecule has 4 heterocycles. The van der Waals surface area contributed by atoms with Crippen LogP contribution in [0.1, 0.15) is 74.7 Å². The first-order valence-electron chi connectivity index (χ1n) is 28.0. The van der Waals surface area contributed by atoms with Gasteiger partial charge < -0.3 is 85.9 Å². The molecule has 0 radical (unpaired) electrons. The third-order valence-electron chi connectivity index (χ3n) is 15.4. The number of aromatic nitrogens is 2. The third-order valence-corrected chi connectivity index (χ3v) is 16.8. The van der Waals surface area contributed by atoms with Gasteiger partial charge in [-0.2, -0.15) is 0 Å². The van der Waals surface area contributed by atoms with E-state index in [1.165, 1.54) is 42.9 Å². The van der Waals surface area contributed by atoms with Crippen LogP contribution >= 0.6 is 23.7 Å². The minimum atomic E-state index is -2.15. The summed E-state index contributed by atoms with van der Waals surface area (Å²) in [5.41, 5.74) is 1.54. The summed E-state index contributed by atoms with van der Waals surface area (Å²) in [6.07, 6.45) is -6.57. The molecule has 13 N–H and O–H groups in total. The van der Waals surface area contributed by atoms with Crippen LogP contribution in [0.2, 0.25) is 0 Å². The van der Waals surface area contributed by atoms with Gasteiger partial charge in [-0.15, -0.1) is 10.2 Å². The average molecular weight is 1250 g/mol. The number of phenols is 1. The SMILES string of the molecule is [C-]#[N+]C[C@@H](O)[C@@H]1NC(=O)[C@H]([C@H](O)Cc2ccc(O)c(OSOOO)c2)NC(=O)[C@@H]2C[C@H](O)CN2C(=O)[C@H]([C@H](C)O)NC(=O)[C@@H](NC(=O)c2ccc(-c3nnc(-c4ccc(OC5CCCCC5)cc4)s3)cc2)C[C@H](O)CNC(=O)[C@@H]2[C@@H](O)[C@H](C)CN2C1=O. The maximum absolute atomic E-state index is 14.6. The summed E-state index contributed by atoms with van der Waals surface area (Å²) in [4.78, 5) is 106. The lowest BCUT2D eigenvalue weighted by Gasteiger charge is -2.33. The fraction of sp³-hybridized carbons (Fsp3) is 0.500. The second kappa shape index (κ2) is 29.9. The molecule has 0 bridgehead atoms. The molecule has 4 aromatic rings. The Morgan fingerprint density at radius 2 is 1.44 bits per heavy atom. The Labute approximate surface area is 506 Å². The van der Waals surface area contributed by atoms with Crippen LogP contribution in [-0.2, 0) is 44.6 Å². The Kier molecular flexibility index (Phi) is 22.4. The first-order valence-corrected chi connectivity index (χ1v) is 29.5. The first kappa shape index (κ1) is 65.4. The number of ether oxygens (including phenoxy) is 1. The number of nitrogens with zero attached hydrogens (tertiary/aromatic N) is 5. The monoisotopic (exact) mass is 1250 g/mol. The lowest BCUT2D eigenvalue weighted by molar-refractivity contribution is -0.433. The predicted molar refractivity (Wildman–Crippen MR) is 306 cm³/mol. The number of hydrogen-bond donors (Lipinski definition) is 13. The number of carbonyl (C=O) groups is 7. The van der Waals surface area contributed by atoms with E-state index < -0.39 is 165 Å². The van der Waals surface area contributed by atoms with Crippen LogP contribution in [0.15, 0.2) is 66.7 Å². The summed E-state index contributed by atoms with van der Waals surface area (Å²) in [6.45, 7) is 7.63. The van der Waals surface area contributed by atoms with Crippen molar-refractivity contribution in [3.05, 3.63) is 89.3 Å². The topological polar surface area (TPSA) is 415 Å². The molecule has 1 aliphatic carbocycles. The fourth-order valence-electron chi connectivity index (χ4n) is 10.8. The van der Waals surface area contributed by atoms with E-state index in [-0.39, 0.29) is 41.8 Å². The molecule has 13 atom stereocenters. The van der Waals surface area contributed by atoms with Gasteiger partial charge in [-0.25, -0.2) is 11.8 Å². The minimum Gasteiger partial charge on any atom is -0.504 e. The fourth-order valence-corrected chi connectivity index (χ4v) is 11.9. The number of hydrogen-bond acceptors (Lipinski definition) is 23. The van der Waals surface area contributed by atoms with E-state index in [0.29, 0.717) is 15.6 Å². The summed E-state index contributed by atoms with van der Waals surface area (Å²) >= 11 is 1.37. The Morgan fingerprint density at radius 1 is 0.793 bits per heavy atom. The first-order chi connectivity index (χ1) is 41.6. The number of amides is 7. The van der Waals surface area contributed by atoms with Crippen molar-refractivity contribution in [3.8, 4) is 38.4 Å². The van der Waals surface area contributed by atoms with Crippen molar-refractivity contribution in [2.45, 2.75) is 144 Å². The summed E-state index contributed by atoms with van der Waals surface area (Å²) < 4.78 is 15.5. The number of rotatable bonds is 16. The second-order valence-corrected chi connectivity index (χ2v) is 23.2. The Bertz CT molecular complexity index is 3130. The quantitative estimate of drug-likeness (QED) is 0.0221. The molecule has 4 fully saturated rings. The standard InChI is InChI=1S/C56H68N10O19S2/c1-27-25-66-46(47(27)73)52(78)58-23-33(68)21-37(59-48(74)30-10-12-31(13-11-30)53-63-64-54(86-53)32-14-16-36(17-15-32)82-35-7-5-4-6-8-35)49(75)60-43(28(2)67)55(79)65-26-34(69)22-38(65)50(76)61-44(51(77)62-45(56(66)80)41(72)24-57-3)40(71)19-29-9-18-39(70)42(20-29)83-87-85-84-81/h9-18,20,27-28,33-35,37-38,40-41,43-47,67-73,81H,4-8,19,21-26H2,1-2H3,(H,58,78)(H,59,74)(H,60,75)(H,61,76)(H,62,77)/t27-,28+,33+,34+,37+,38+,40-,41-,43+,44+,45+,46+,47+/m1/s1. The van der Waals surface area contributed by atoms with E-state index >= 15 is 0 Å². The largest absolute Gasteiger partial charge is 0.504 e. The summed E-state index contributed by atoms with van der Waals surface area (Å²) in [7, 11) is 0. The molecule has 1 aromatic heterocycles. The maximum Gasteiger partial charge on any atom is 0.261 e. The van der Waals surface area contributed by atoms with Crippen LogP contribution in [0.4, 0.5) is 0 Å². The Balaban J connectivity index is 1.07. The normalized spacial score (nSPS) is 26.6. The highest BCUT2D eigenvalue weighted by atomic mass is 32.2. The highest BCUT2D eigenvalue weighted by molar-refractivity contribution is 7.90. The van der Waals surface area contributed by atoms with Crippen molar-refractivity contribution in [3.63, 3.8) is 0 Å². The highest BCUT2D eigenvalue weighted by Crippen LogP contribution is 2.34. The zero-order valence-corrected chi connectivity index (χ0v) is 48.7. The molecule has 468 valence electrons. The number of phenolic OH excluding ortho intramolecular Hbond substituents is 1. The van der Waals surface area contributed by atoms with Crippen LogP contribution in [0.5, 0.6) is 17.2 Å². The van der Waals surface area contributed by atoms with Crippen LogP contribution in [0.25, 0.3) is 26.0 Å². The van der Waals surface area contributed by atoms with Crippen molar-refractivity contribution in [2.24, 2.45) is 5.92 Å². The Hall–Kier alpha value is -7.61. The molecule has 3 saturated heterocycles. The van der Waals surface area contributed by atoms with E-state index in [1.54, 1.807) is 12.1 Å². The van der Waals surface area contributed by atoms with E-state index in [0.717, 1.165) is 65.9 Å². The van der Waals surface area contributed by atoms with Crippen LogP contribution in [0.3, 0.4) is 0 Å². The molecule has 7 amide bonds. The van der Waals surface area contributed by atoms with Crippen LogP contribution in [0, 0.1) is 12.5 Å². The van der Waals surface area contributed by atoms with Gasteiger partial charge in [-0.1, -0.05) is 52.3 Å². The molecule has 3 aromatic carbocycles. The van der Waals surface area contributed by atoms with Crippen molar-refractivity contribution in [1.82, 2.24) is 46.6 Å². The van der Waals surface area contributed by atoms with Gasteiger partial charge in [0.15, 0.2) is 17.6 Å². The smallest absolute Gasteiger partial charge is 0.261 e. The molecule has 0 spiro atoms. The highest BCUT2D eigenvalue weighted by Gasteiger charge is 2.50. The molecule has 3 aliphatic heterocycles. The number of aromatic hydroxyl groups is 1. The Morgan fingerprint density at radius 3 is 2.09 bits per heavy atom. The molecular weight excluding hydrogens is 1180 g/mol. The van der Waals surface area contributed by atoms with Gasteiger partial charge >= 0.3 is 0 Å². The number of nitrogens with one attached hydrogen (secondary N) is 5. The zero-order valence-electron chi connectivity index (χ0n) is 47.0. The molecule has 31 heteroatoms. The summed E-state index contributed by atoms with van der Waals surface area (Å²) in [5, 5.41) is 112. The lowest BCUT2D eigenvalue weighted by Crippen LogP contribution is -2.64. The van der Waals surface area contributed by atoms with Crippen LogP contribution in [-0.4, -0.2) is 208 Å². The molecule has 0 unspecified atom stereocenters. The molecular formula is C56H68N10O19S2. The summed E-state index contributed by atoms with van der Waals surface area (Å²) in [5.74, 6) is -8.85. The molecule has 29 nitrogen and oxygen atoms in total. The van der Waals surface area contributed by atoms with E-state index in [4.69, 9.17) is 20.7 Å². The van der Waals surface area contributed by atoms with E-state index in [2.05, 4.69) is 51.0 Å². The lowest BCUT2D eigenvalue weighted by atomic mass is 9.98. The number of aliphatic hydroxyl groups excluding tert-OH is 6.